The molecule has 2 aromatic carbocycles. The summed E-state index contributed by atoms with van der Waals surface area (Å²) in [4.78, 5) is 44.2. The molecule has 1 fully saturated rings. The Hall–Kier alpha value is -5.06. The van der Waals surface area contributed by atoms with Crippen molar-refractivity contribution >= 4 is 28.5 Å². The zero-order valence-electron chi connectivity index (χ0n) is 27.4. The zero-order chi connectivity index (χ0) is 37.6. The van der Waals surface area contributed by atoms with E-state index in [0.29, 0.717) is 12.1 Å². The topological polar surface area (TPSA) is 103 Å². The van der Waals surface area contributed by atoms with Crippen LogP contribution in [0.1, 0.15) is 34.1 Å². The van der Waals surface area contributed by atoms with E-state index in [-0.39, 0.29) is 34.3 Å². The average molecular weight is 727 g/mol. The molecule has 3 heterocycles. The largest absolute Gasteiger partial charge is 0.467 e. The van der Waals surface area contributed by atoms with Crippen molar-refractivity contribution in [2.45, 2.75) is 50.8 Å². The summed E-state index contributed by atoms with van der Waals surface area (Å²) in [6, 6.07) is 3.59. The monoisotopic (exact) mass is 726 g/mol. The Kier molecular flexibility index (Phi) is 10.2. The number of ether oxygens (including phenoxy) is 2. The van der Waals surface area contributed by atoms with Crippen LogP contribution in [-0.4, -0.2) is 66.1 Å². The molecular formula is C34H30F8N4O5. The minimum Gasteiger partial charge on any atom is -0.467 e. The van der Waals surface area contributed by atoms with Gasteiger partial charge in [0, 0.05) is 48.5 Å². The molecule has 51 heavy (non-hydrogen) atoms. The number of rotatable bonds is 7. The van der Waals surface area contributed by atoms with E-state index < -0.39 is 95.0 Å². The van der Waals surface area contributed by atoms with Crippen LogP contribution in [0.2, 0.25) is 0 Å². The molecule has 1 amide bonds. The third-order valence-electron chi connectivity index (χ3n) is 8.65. The van der Waals surface area contributed by atoms with Crippen LogP contribution in [0.25, 0.3) is 22.0 Å². The first-order chi connectivity index (χ1) is 23.8. The van der Waals surface area contributed by atoms with E-state index in [9.17, 15) is 40.7 Å². The molecule has 0 aliphatic carbocycles. The molecular weight excluding hydrogens is 696 g/mol. The van der Waals surface area contributed by atoms with Crippen LogP contribution in [-0.2, 0) is 33.9 Å². The fraction of sp³-hybridized carbons (Fsp3) is 0.353. The normalized spacial score (nSPS) is 17.4. The number of nitrogens with one attached hydrogen (secondary N) is 1. The second kappa shape index (κ2) is 13.9. The Morgan fingerprint density at radius 2 is 1.75 bits per heavy atom. The fourth-order valence-electron chi connectivity index (χ4n) is 6.00. The fourth-order valence-corrected chi connectivity index (χ4v) is 6.00. The molecule has 0 saturated carbocycles. The average Bonchev–Trinajstić information content (AvgIpc) is 3.05. The number of nitrogens with zero attached hydrogens (tertiary/aromatic N) is 3. The quantitative estimate of drug-likeness (QED) is 0.188. The number of carbonyl (C=O) groups excluding carboxylic acids is 2. The molecule has 0 unspecified atom stereocenters. The minimum absolute atomic E-state index is 0.0429. The Morgan fingerprint density at radius 3 is 2.35 bits per heavy atom. The Morgan fingerprint density at radius 1 is 1.08 bits per heavy atom. The number of benzene rings is 2. The number of halogens is 8. The molecule has 0 spiro atoms. The summed E-state index contributed by atoms with van der Waals surface area (Å²) < 4.78 is 125. The lowest BCUT2D eigenvalue weighted by molar-refractivity contribution is -0.173. The first kappa shape index (κ1) is 37.2. The van der Waals surface area contributed by atoms with Crippen LogP contribution >= 0.6 is 0 Å². The number of aryl methyl sites for hydroxylation is 1. The molecule has 1 aliphatic rings. The van der Waals surface area contributed by atoms with Gasteiger partial charge in [-0.1, -0.05) is 18.2 Å². The number of hydrogen-bond acceptors (Lipinski definition) is 7. The number of alkyl halides is 6. The maximum atomic E-state index is 15.3. The van der Waals surface area contributed by atoms with Crippen molar-refractivity contribution in [3.05, 3.63) is 93.0 Å². The Balaban J connectivity index is 1.50. The van der Waals surface area contributed by atoms with Crippen molar-refractivity contribution < 1.29 is 54.2 Å². The molecule has 3 atom stereocenters. The summed E-state index contributed by atoms with van der Waals surface area (Å²) in [7, 11) is 2.29. The highest BCUT2D eigenvalue weighted by Gasteiger charge is 2.47. The molecule has 4 aromatic rings. The zero-order valence-corrected chi connectivity index (χ0v) is 27.4. The number of esters is 1. The van der Waals surface area contributed by atoms with Crippen LogP contribution in [0, 0.1) is 18.6 Å². The van der Waals surface area contributed by atoms with Gasteiger partial charge in [0.2, 0.25) is 0 Å². The smallest absolute Gasteiger partial charge is 0.417 e. The van der Waals surface area contributed by atoms with E-state index in [1.165, 1.54) is 51.4 Å². The van der Waals surface area contributed by atoms with Crippen LogP contribution in [0.15, 0.2) is 53.5 Å². The Bertz CT molecular complexity index is 2040. The number of pyridine rings is 2. The van der Waals surface area contributed by atoms with Gasteiger partial charge in [0.25, 0.3) is 11.5 Å². The van der Waals surface area contributed by atoms with Crippen LogP contribution < -0.4 is 15.8 Å². The molecule has 2 aromatic heterocycles. The molecule has 9 nitrogen and oxygen atoms in total. The van der Waals surface area contributed by atoms with Gasteiger partial charge in [-0.25, -0.2) is 13.6 Å². The van der Waals surface area contributed by atoms with E-state index >= 15 is 8.78 Å². The summed E-state index contributed by atoms with van der Waals surface area (Å²) in [6.07, 6.45) is -9.54. The van der Waals surface area contributed by atoms with Crippen LogP contribution in [0.5, 0.6) is 0 Å². The second-order valence-corrected chi connectivity index (χ2v) is 12.0. The van der Waals surface area contributed by atoms with Crippen LogP contribution in [0.4, 0.5) is 40.8 Å². The van der Waals surface area contributed by atoms with Gasteiger partial charge in [-0.3, -0.25) is 14.6 Å². The molecule has 1 aliphatic heterocycles. The summed E-state index contributed by atoms with van der Waals surface area (Å²) >= 11 is 0. The summed E-state index contributed by atoms with van der Waals surface area (Å²) in [5.41, 5.74) is -4.37. The van der Waals surface area contributed by atoms with Crippen molar-refractivity contribution in [1.29, 1.82) is 0 Å². The number of carbonyl (C=O) groups is 2. The number of fused-ring (bicyclic) bond motifs is 1. The number of hydrogen-bond donors (Lipinski definition) is 1. The summed E-state index contributed by atoms with van der Waals surface area (Å²) in [5, 5.41) is 2.38. The predicted molar refractivity (Wildman–Crippen MR) is 168 cm³/mol. The highest BCUT2D eigenvalue weighted by molar-refractivity contribution is 5.99. The van der Waals surface area contributed by atoms with E-state index in [1.807, 2.05) is 0 Å². The molecule has 272 valence electrons. The van der Waals surface area contributed by atoms with Crippen molar-refractivity contribution in [2.24, 2.45) is 7.05 Å². The van der Waals surface area contributed by atoms with Crippen LogP contribution in [0.3, 0.4) is 0 Å². The molecule has 17 heteroatoms. The highest BCUT2D eigenvalue weighted by atomic mass is 19.4. The van der Waals surface area contributed by atoms with E-state index in [1.54, 1.807) is 0 Å². The summed E-state index contributed by atoms with van der Waals surface area (Å²) in [6.45, 7) is 1.70. The number of methoxy groups -OCH3 is 1. The van der Waals surface area contributed by atoms with Gasteiger partial charge in [0.15, 0.2) is 0 Å². The standard InChI is InChI=1S/C34H30F8N4O5/c1-16-10-22(33(37,38)39)27(31(48)45(16)3)21-8-7-18(20-6-5-9-43-29(20)21)11-25(32(49)50-4)44-30(47)28-23(35)12-19(13-24(28)36)46-14-17(2)51-15-26(46)34(40,41)42/h5-10,12-13,17,25-26H,11,14-15H2,1-4H3,(H,44,47)/t17-,25+,26-/m1/s1. The van der Waals surface area contributed by atoms with E-state index in [4.69, 9.17) is 9.47 Å². The van der Waals surface area contributed by atoms with Crippen molar-refractivity contribution in [2.75, 3.05) is 25.2 Å². The third-order valence-corrected chi connectivity index (χ3v) is 8.65. The first-order valence-corrected chi connectivity index (χ1v) is 15.3. The molecule has 1 N–H and O–H groups in total. The first-order valence-electron chi connectivity index (χ1n) is 15.3. The number of aromatic nitrogens is 2. The highest BCUT2D eigenvalue weighted by Crippen LogP contribution is 2.39. The van der Waals surface area contributed by atoms with Gasteiger partial charge in [-0.15, -0.1) is 0 Å². The lowest BCUT2D eigenvalue weighted by atomic mass is 9.93. The molecule has 1 saturated heterocycles. The molecule has 5 rings (SSSR count). The number of amides is 1. The lowest BCUT2D eigenvalue weighted by Gasteiger charge is -2.41. The van der Waals surface area contributed by atoms with Gasteiger partial charge in [-0.2, -0.15) is 26.3 Å². The molecule has 0 bridgehead atoms. The second-order valence-electron chi connectivity index (χ2n) is 12.0. The summed E-state index contributed by atoms with van der Waals surface area (Å²) in [5.74, 6) is -5.52. The molecule has 0 radical (unpaired) electrons. The van der Waals surface area contributed by atoms with Gasteiger partial charge in [0.05, 0.1) is 36.5 Å². The van der Waals surface area contributed by atoms with Crippen molar-refractivity contribution in [3.8, 4) is 11.1 Å². The predicted octanol–water partition coefficient (Wildman–Crippen LogP) is 5.88. The Labute approximate surface area is 284 Å². The lowest BCUT2D eigenvalue weighted by Crippen LogP contribution is -2.56. The number of anilines is 1. The third kappa shape index (κ3) is 7.38. The van der Waals surface area contributed by atoms with E-state index in [0.717, 1.165) is 22.6 Å². The van der Waals surface area contributed by atoms with E-state index in [2.05, 4.69) is 10.3 Å². The van der Waals surface area contributed by atoms with Gasteiger partial charge in [-0.05, 0) is 43.7 Å². The van der Waals surface area contributed by atoms with Gasteiger partial charge < -0.3 is 24.3 Å². The number of morpholine rings is 1. The minimum atomic E-state index is -4.91. The van der Waals surface area contributed by atoms with Gasteiger partial charge in [0.1, 0.15) is 29.3 Å². The maximum Gasteiger partial charge on any atom is 0.417 e. The van der Waals surface area contributed by atoms with Crippen molar-refractivity contribution in [3.63, 3.8) is 0 Å². The van der Waals surface area contributed by atoms with Crippen molar-refractivity contribution in [1.82, 2.24) is 14.9 Å². The SMILES string of the molecule is COC(=O)[C@H](Cc1ccc(-c2c(C(F)(F)F)cc(C)n(C)c2=O)c2ncccc12)NC(=O)c1c(F)cc(N2C[C@@H](C)OC[C@@H]2C(F)(F)F)cc1F. The van der Waals surface area contributed by atoms with Gasteiger partial charge >= 0.3 is 18.3 Å². The maximum absolute atomic E-state index is 15.3.